The van der Waals surface area contributed by atoms with Gasteiger partial charge in [0.1, 0.15) is 10.6 Å². The van der Waals surface area contributed by atoms with Crippen molar-refractivity contribution in [2.24, 2.45) is 0 Å². The number of benzene rings is 1. The summed E-state index contributed by atoms with van der Waals surface area (Å²) >= 11 is 0. The van der Waals surface area contributed by atoms with Gasteiger partial charge in [0.05, 0.1) is 25.3 Å². The van der Waals surface area contributed by atoms with Crippen molar-refractivity contribution in [1.82, 2.24) is 14.5 Å². The molecular weight excluding hydrogens is 387 g/mol. The third kappa shape index (κ3) is 4.89. The van der Waals surface area contributed by atoms with Gasteiger partial charge in [-0.25, -0.2) is 13.1 Å². The van der Waals surface area contributed by atoms with E-state index < -0.39 is 27.0 Å². The van der Waals surface area contributed by atoms with Crippen LogP contribution in [-0.2, 0) is 16.6 Å². The number of ether oxygens (including phenoxy) is 1. The molecule has 27 heavy (non-hydrogen) atoms. The van der Waals surface area contributed by atoms with Crippen LogP contribution in [0, 0.1) is 0 Å². The average molecular weight is 401 g/mol. The second-order valence-corrected chi connectivity index (χ2v) is 7.13. The number of rotatable bonds is 7. The van der Waals surface area contributed by atoms with Crippen LogP contribution >= 0.6 is 0 Å². The molecule has 0 radical (unpaired) electrons. The highest BCUT2D eigenvalue weighted by molar-refractivity contribution is 7.89. The number of para-hydroxylation sites is 1. The number of halogens is 3. The van der Waals surface area contributed by atoms with Gasteiger partial charge in [-0.1, -0.05) is 12.1 Å². The molecule has 0 bridgehead atoms. The van der Waals surface area contributed by atoms with Crippen LogP contribution in [0.15, 0.2) is 64.6 Å². The zero-order valence-corrected chi connectivity index (χ0v) is 14.5. The van der Waals surface area contributed by atoms with E-state index in [-0.39, 0.29) is 13.1 Å². The number of hydrogen-bond acceptors (Lipinski definition) is 5. The molecular formula is C16H14F3N3O4S. The van der Waals surface area contributed by atoms with E-state index in [9.17, 15) is 21.6 Å². The Morgan fingerprint density at radius 3 is 2.67 bits per heavy atom. The number of furan rings is 1. The molecule has 144 valence electrons. The van der Waals surface area contributed by atoms with Crippen molar-refractivity contribution >= 4 is 10.0 Å². The molecule has 1 aromatic carbocycles. The van der Waals surface area contributed by atoms with Gasteiger partial charge in [0.15, 0.2) is 0 Å². The molecule has 0 aliphatic carbocycles. The van der Waals surface area contributed by atoms with Crippen LogP contribution in [0.2, 0.25) is 0 Å². The molecule has 2 aromatic heterocycles. The lowest BCUT2D eigenvalue weighted by Gasteiger charge is -2.13. The normalized spacial score (nSPS) is 12.3. The minimum atomic E-state index is -5.00. The van der Waals surface area contributed by atoms with E-state index in [0.717, 1.165) is 23.3 Å². The molecule has 0 atom stereocenters. The van der Waals surface area contributed by atoms with Crippen LogP contribution in [0.4, 0.5) is 13.2 Å². The molecule has 0 spiro atoms. The van der Waals surface area contributed by atoms with Gasteiger partial charge in [-0.05, 0) is 18.2 Å². The highest BCUT2D eigenvalue weighted by atomic mass is 32.2. The van der Waals surface area contributed by atoms with Crippen LogP contribution in [0.1, 0.15) is 0 Å². The number of aromatic nitrogens is 2. The first-order chi connectivity index (χ1) is 12.7. The number of nitrogens with zero attached hydrogens (tertiary/aromatic N) is 2. The predicted molar refractivity (Wildman–Crippen MR) is 88.2 cm³/mol. The molecule has 0 fully saturated rings. The van der Waals surface area contributed by atoms with E-state index in [2.05, 4.69) is 14.6 Å². The topological polar surface area (TPSA) is 86.4 Å². The third-order valence-corrected chi connectivity index (χ3v) is 4.99. The number of hydrogen-bond donors (Lipinski definition) is 1. The van der Waals surface area contributed by atoms with Crippen molar-refractivity contribution in [3.63, 3.8) is 0 Å². The molecule has 0 amide bonds. The van der Waals surface area contributed by atoms with E-state index in [1.54, 1.807) is 24.7 Å². The summed E-state index contributed by atoms with van der Waals surface area (Å²) in [6.45, 7) is 0.106. The summed E-state index contributed by atoms with van der Waals surface area (Å²) < 4.78 is 74.5. The summed E-state index contributed by atoms with van der Waals surface area (Å²) in [6, 6.07) is 6.28. The number of alkyl halides is 3. The maximum atomic E-state index is 12.4. The molecule has 0 aliphatic heterocycles. The second-order valence-electron chi connectivity index (χ2n) is 5.40. The molecule has 1 N–H and O–H groups in total. The summed E-state index contributed by atoms with van der Waals surface area (Å²) in [5.74, 6) is -0.793. The average Bonchev–Trinajstić information content (AvgIpc) is 3.24. The van der Waals surface area contributed by atoms with Gasteiger partial charge in [-0.2, -0.15) is 5.10 Å². The number of nitrogens with one attached hydrogen (secondary N) is 1. The van der Waals surface area contributed by atoms with Crippen LogP contribution < -0.4 is 9.46 Å². The minimum Gasteiger partial charge on any atom is -0.472 e. The van der Waals surface area contributed by atoms with Crippen LogP contribution in [-0.4, -0.2) is 31.1 Å². The molecule has 0 saturated heterocycles. The Morgan fingerprint density at radius 1 is 1.19 bits per heavy atom. The molecule has 2 heterocycles. The standard InChI is InChI=1S/C16H14F3N3O4S/c17-16(18,19)26-14-3-1-2-4-15(14)27(23,24)21-6-7-22-10-13(9-20-22)12-5-8-25-11-12/h1-5,8-11,21H,6-7H2. The fourth-order valence-corrected chi connectivity index (χ4v) is 3.46. The predicted octanol–water partition coefficient (Wildman–Crippen LogP) is 3.02. The van der Waals surface area contributed by atoms with E-state index in [0.29, 0.717) is 0 Å². The van der Waals surface area contributed by atoms with Crippen molar-refractivity contribution in [3.8, 4) is 16.9 Å². The summed E-state index contributed by atoms with van der Waals surface area (Å²) in [7, 11) is -4.20. The lowest BCUT2D eigenvalue weighted by molar-refractivity contribution is -0.275. The molecule has 0 saturated carbocycles. The fraction of sp³-hybridized carbons (Fsp3) is 0.188. The zero-order chi connectivity index (χ0) is 19.5. The quantitative estimate of drug-likeness (QED) is 0.658. The lowest BCUT2D eigenvalue weighted by atomic mass is 10.2. The SMILES string of the molecule is O=S(=O)(NCCn1cc(-c2ccoc2)cn1)c1ccccc1OC(F)(F)F. The first-order valence-electron chi connectivity index (χ1n) is 7.64. The van der Waals surface area contributed by atoms with Crippen LogP contribution in [0.3, 0.4) is 0 Å². The van der Waals surface area contributed by atoms with Crippen molar-refractivity contribution in [3.05, 3.63) is 55.3 Å². The highest BCUT2D eigenvalue weighted by Gasteiger charge is 2.33. The van der Waals surface area contributed by atoms with E-state index in [1.165, 1.54) is 23.1 Å². The Kier molecular flexibility index (Phi) is 5.24. The Hall–Kier alpha value is -2.79. The largest absolute Gasteiger partial charge is 0.573 e. The second kappa shape index (κ2) is 7.45. The smallest absolute Gasteiger partial charge is 0.472 e. The fourth-order valence-electron chi connectivity index (χ4n) is 2.32. The van der Waals surface area contributed by atoms with Crippen molar-refractivity contribution in [2.75, 3.05) is 6.54 Å². The van der Waals surface area contributed by atoms with Gasteiger partial charge in [0.2, 0.25) is 10.0 Å². The van der Waals surface area contributed by atoms with Gasteiger partial charge in [0, 0.05) is 23.9 Å². The molecule has 3 rings (SSSR count). The third-order valence-electron chi connectivity index (χ3n) is 3.49. The summed E-state index contributed by atoms with van der Waals surface area (Å²) in [5.41, 5.74) is 1.61. The minimum absolute atomic E-state index is 0.0742. The summed E-state index contributed by atoms with van der Waals surface area (Å²) in [6.07, 6.45) is 1.35. The Bertz CT molecular complexity index is 998. The molecule has 7 nitrogen and oxygen atoms in total. The Morgan fingerprint density at radius 2 is 1.96 bits per heavy atom. The lowest BCUT2D eigenvalue weighted by Crippen LogP contribution is -2.28. The Balaban J connectivity index is 1.66. The van der Waals surface area contributed by atoms with Crippen molar-refractivity contribution in [2.45, 2.75) is 17.8 Å². The summed E-state index contributed by atoms with van der Waals surface area (Å²) in [4.78, 5) is -0.595. The monoisotopic (exact) mass is 401 g/mol. The highest BCUT2D eigenvalue weighted by Crippen LogP contribution is 2.29. The van der Waals surface area contributed by atoms with Gasteiger partial charge < -0.3 is 9.15 Å². The van der Waals surface area contributed by atoms with Gasteiger partial charge in [-0.15, -0.1) is 13.2 Å². The first kappa shape index (κ1) is 19.0. The maximum Gasteiger partial charge on any atom is 0.573 e. The van der Waals surface area contributed by atoms with E-state index in [4.69, 9.17) is 4.42 Å². The van der Waals surface area contributed by atoms with E-state index in [1.807, 2.05) is 0 Å². The summed E-state index contributed by atoms with van der Waals surface area (Å²) in [5, 5.41) is 4.10. The molecule has 0 unspecified atom stereocenters. The molecule has 3 aromatic rings. The van der Waals surface area contributed by atoms with Gasteiger partial charge in [0.25, 0.3) is 0 Å². The number of sulfonamides is 1. The zero-order valence-electron chi connectivity index (χ0n) is 13.7. The first-order valence-corrected chi connectivity index (χ1v) is 9.12. The van der Waals surface area contributed by atoms with Crippen LogP contribution in [0.25, 0.3) is 11.1 Å². The Labute approximate surface area is 152 Å². The maximum absolute atomic E-state index is 12.4. The van der Waals surface area contributed by atoms with E-state index >= 15 is 0 Å². The van der Waals surface area contributed by atoms with Gasteiger partial charge in [-0.3, -0.25) is 4.68 Å². The van der Waals surface area contributed by atoms with Crippen molar-refractivity contribution in [1.29, 1.82) is 0 Å². The molecule has 0 aliphatic rings. The van der Waals surface area contributed by atoms with Crippen LogP contribution in [0.5, 0.6) is 5.75 Å². The van der Waals surface area contributed by atoms with Gasteiger partial charge >= 0.3 is 6.36 Å². The van der Waals surface area contributed by atoms with Crippen molar-refractivity contribution < 1.29 is 30.7 Å². The molecule has 11 heteroatoms.